The minimum Gasteiger partial charge on any atom is -0.481 e. The second kappa shape index (κ2) is 7.47. The van der Waals surface area contributed by atoms with Crippen molar-refractivity contribution in [3.8, 4) is 0 Å². The number of halogens is 2. The van der Waals surface area contributed by atoms with Crippen molar-refractivity contribution in [2.75, 3.05) is 0 Å². The van der Waals surface area contributed by atoms with E-state index in [2.05, 4.69) is 5.32 Å². The average molecular weight is 350 g/mol. The highest BCUT2D eigenvalue weighted by Gasteiger charge is 2.24. The van der Waals surface area contributed by atoms with E-state index in [4.69, 9.17) is 5.11 Å². The molecule has 7 nitrogen and oxygen atoms in total. The number of hydrogen-bond donors (Lipinski definition) is 2. The number of carbonyl (C=O) groups is 2. The van der Waals surface area contributed by atoms with Crippen molar-refractivity contribution in [2.24, 2.45) is 0 Å². The van der Waals surface area contributed by atoms with Crippen LogP contribution >= 0.6 is 0 Å². The van der Waals surface area contributed by atoms with Crippen molar-refractivity contribution < 1.29 is 28.4 Å². The number of aliphatic carboxylic acids is 1. The fourth-order valence-electron chi connectivity index (χ4n) is 2.23. The maximum absolute atomic E-state index is 13.7. The third kappa shape index (κ3) is 4.34. The van der Waals surface area contributed by atoms with Gasteiger partial charge < -0.3 is 10.4 Å². The minimum atomic E-state index is -1.30. The van der Waals surface area contributed by atoms with Gasteiger partial charge in [-0.2, -0.15) is 0 Å². The van der Waals surface area contributed by atoms with E-state index in [1.165, 1.54) is 18.2 Å². The molecule has 0 radical (unpaired) electrons. The van der Waals surface area contributed by atoms with Crippen LogP contribution < -0.4 is 5.32 Å². The van der Waals surface area contributed by atoms with Crippen LogP contribution in [0.15, 0.2) is 42.5 Å². The van der Waals surface area contributed by atoms with Gasteiger partial charge in [0.15, 0.2) is 0 Å². The Labute approximate surface area is 140 Å². The number of carboxylic acid groups (broad SMARTS) is 1. The number of hydrogen-bond acceptors (Lipinski definition) is 4. The number of carbonyl (C=O) groups excluding carboxylic acids is 1. The first-order valence-electron chi connectivity index (χ1n) is 7.00. The molecule has 2 N–H and O–H groups in total. The van der Waals surface area contributed by atoms with Crippen molar-refractivity contribution in [1.29, 1.82) is 0 Å². The van der Waals surface area contributed by atoms with Crippen molar-refractivity contribution >= 4 is 17.6 Å². The molecule has 1 atom stereocenters. The molecule has 0 saturated carbocycles. The van der Waals surface area contributed by atoms with Gasteiger partial charge in [0.2, 0.25) is 0 Å². The summed E-state index contributed by atoms with van der Waals surface area (Å²) >= 11 is 0. The molecule has 0 aliphatic carbocycles. The fourth-order valence-corrected chi connectivity index (χ4v) is 2.23. The normalized spacial score (nSPS) is 11.6. The van der Waals surface area contributed by atoms with Gasteiger partial charge in [0, 0.05) is 12.1 Å². The van der Waals surface area contributed by atoms with Crippen LogP contribution in [0, 0.1) is 21.7 Å². The van der Waals surface area contributed by atoms with E-state index in [-0.39, 0.29) is 11.3 Å². The summed E-state index contributed by atoms with van der Waals surface area (Å²) in [5, 5.41) is 22.0. The largest absolute Gasteiger partial charge is 0.481 e. The molecule has 25 heavy (non-hydrogen) atoms. The zero-order valence-corrected chi connectivity index (χ0v) is 12.6. The molecular weight excluding hydrogens is 338 g/mol. The Hall–Kier alpha value is -3.36. The van der Waals surface area contributed by atoms with E-state index < -0.39 is 46.5 Å². The van der Waals surface area contributed by atoms with Crippen LogP contribution in [0.25, 0.3) is 0 Å². The van der Waals surface area contributed by atoms with E-state index in [0.29, 0.717) is 0 Å². The quantitative estimate of drug-likeness (QED) is 0.615. The van der Waals surface area contributed by atoms with Gasteiger partial charge in [-0.05, 0) is 17.7 Å². The highest BCUT2D eigenvalue weighted by molar-refractivity contribution is 5.95. The molecule has 2 aromatic carbocycles. The Balaban J connectivity index is 2.35. The topological polar surface area (TPSA) is 110 Å². The number of non-ortho nitro benzene ring substituents is 1. The van der Waals surface area contributed by atoms with E-state index in [1.807, 2.05) is 0 Å². The van der Waals surface area contributed by atoms with Gasteiger partial charge in [-0.15, -0.1) is 0 Å². The number of benzene rings is 2. The molecule has 0 saturated heterocycles. The van der Waals surface area contributed by atoms with Crippen LogP contribution in [0.5, 0.6) is 0 Å². The van der Waals surface area contributed by atoms with Crippen molar-refractivity contribution in [1.82, 2.24) is 5.32 Å². The summed E-state index contributed by atoms with van der Waals surface area (Å²) in [7, 11) is 0. The summed E-state index contributed by atoms with van der Waals surface area (Å²) in [6.07, 6.45) is -0.622. The third-order valence-corrected chi connectivity index (χ3v) is 3.36. The molecule has 0 aliphatic heterocycles. The molecular formula is C16H12F2N2O5. The lowest BCUT2D eigenvalue weighted by molar-refractivity contribution is -0.384. The monoisotopic (exact) mass is 350 g/mol. The van der Waals surface area contributed by atoms with Crippen LogP contribution in [0.2, 0.25) is 0 Å². The second-order valence-corrected chi connectivity index (χ2v) is 5.07. The fraction of sp³-hybridized carbons (Fsp3) is 0.125. The van der Waals surface area contributed by atoms with Crippen molar-refractivity contribution in [2.45, 2.75) is 12.5 Å². The molecule has 0 fully saturated rings. The minimum absolute atomic E-state index is 0.127. The molecule has 2 aromatic rings. The van der Waals surface area contributed by atoms with Crippen LogP contribution in [0.3, 0.4) is 0 Å². The Morgan fingerprint density at radius 1 is 1.16 bits per heavy atom. The maximum Gasteiger partial charge on any atom is 0.305 e. The van der Waals surface area contributed by atoms with Crippen LogP contribution in [0.4, 0.5) is 14.5 Å². The smallest absolute Gasteiger partial charge is 0.305 e. The second-order valence-electron chi connectivity index (χ2n) is 5.07. The summed E-state index contributed by atoms with van der Waals surface area (Å²) in [5.41, 5.74) is -1.04. The lowest BCUT2D eigenvalue weighted by Crippen LogP contribution is -2.31. The third-order valence-electron chi connectivity index (χ3n) is 3.36. The number of nitrogens with zero attached hydrogens (tertiary/aromatic N) is 1. The number of nitro groups is 1. The van der Waals surface area contributed by atoms with E-state index in [9.17, 15) is 28.5 Å². The lowest BCUT2D eigenvalue weighted by Gasteiger charge is -2.18. The van der Waals surface area contributed by atoms with Gasteiger partial charge in [0.25, 0.3) is 11.6 Å². The molecule has 0 aliphatic rings. The summed E-state index contributed by atoms with van der Waals surface area (Å²) in [4.78, 5) is 33.3. The zero-order valence-electron chi connectivity index (χ0n) is 12.6. The van der Waals surface area contributed by atoms with Gasteiger partial charge >= 0.3 is 5.97 Å². The molecule has 9 heteroatoms. The molecule has 2 rings (SSSR count). The summed E-state index contributed by atoms with van der Waals surface area (Å²) in [5.74, 6) is -4.67. The molecule has 0 spiro atoms. The van der Waals surface area contributed by atoms with Gasteiger partial charge in [-0.3, -0.25) is 19.7 Å². The Bertz CT molecular complexity index is 821. The first-order chi connectivity index (χ1) is 11.8. The highest BCUT2D eigenvalue weighted by atomic mass is 19.1. The molecule has 0 unspecified atom stereocenters. The zero-order chi connectivity index (χ0) is 18.6. The standard InChI is InChI=1S/C16H12F2N2O5/c17-11-5-2-6-12(18)15(11)16(23)19-13(8-14(21)22)9-3-1-4-10(7-9)20(24)25/h1-7,13H,8H2,(H,19,23)(H,21,22)/t13-/m0/s1. The highest BCUT2D eigenvalue weighted by Crippen LogP contribution is 2.23. The van der Waals surface area contributed by atoms with Crippen molar-refractivity contribution in [3.63, 3.8) is 0 Å². The van der Waals surface area contributed by atoms with Gasteiger partial charge in [-0.25, -0.2) is 8.78 Å². The number of nitrogens with one attached hydrogen (secondary N) is 1. The van der Waals surface area contributed by atoms with E-state index in [0.717, 1.165) is 24.3 Å². The number of nitro benzene ring substituents is 1. The van der Waals surface area contributed by atoms with Crippen LogP contribution in [0.1, 0.15) is 28.4 Å². The average Bonchev–Trinajstić information content (AvgIpc) is 2.53. The SMILES string of the molecule is O=C(O)C[C@H](NC(=O)c1c(F)cccc1F)c1cccc([N+](=O)[O-])c1. The predicted molar refractivity (Wildman–Crippen MR) is 81.9 cm³/mol. The Morgan fingerprint density at radius 2 is 1.76 bits per heavy atom. The Morgan fingerprint density at radius 3 is 2.32 bits per heavy atom. The van der Waals surface area contributed by atoms with Crippen LogP contribution in [-0.4, -0.2) is 21.9 Å². The first-order valence-corrected chi connectivity index (χ1v) is 7.00. The molecule has 0 heterocycles. The predicted octanol–water partition coefficient (Wildman–Crippen LogP) is 2.82. The van der Waals surface area contributed by atoms with E-state index in [1.54, 1.807) is 0 Å². The molecule has 0 aromatic heterocycles. The lowest BCUT2D eigenvalue weighted by atomic mass is 10.0. The summed E-state index contributed by atoms with van der Waals surface area (Å²) < 4.78 is 27.4. The molecule has 1 amide bonds. The van der Waals surface area contributed by atoms with Crippen molar-refractivity contribution in [3.05, 3.63) is 75.3 Å². The number of rotatable bonds is 6. The van der Waals surface area contributed by atoms with Gasteiger partial charge in [-0.1, -0.05) is 18.2 Å². The van der Waals surface area contributed by atoms with Crippen LogP contribution in [-0.2, 0) is 4.79 Å². The molecule has 130 valence electrons. The summed E-state index contributed by atoms with van der Waals surface area (Å²) in [6, 6.07) is 6.62. The first kappa shape index (κ1) is 18.0. The van der Waals surface area contributed by atoms with E-state index >= 15 is 0 Å². The number of amides is 1. The van der Waals surface area contributed by atoms with Gasteiger partial charge in [0.1, 0.15) is 17.2 Å². The maximum atomic E-state index is 13.7. The summed E-state index contributed by atoms with van der Waals surface area (Å²) in [6.45, 7) is 0. The number of carboxylic acids is 1. The molecule has 0 bridgehead atoms. The van der Waals surface area contributed by atoms with Gasteiger partial charge in [0.05, 0.1) is 17.4 Å². The Kier molecular flexibility index (Phi) is 5.38.